The molecule has 168 valence electrons. The molecule has 0 unspecified atom stereocenters. The zero-order chi connectivity index (χ0) is 23.5. The van der Waals surface area contributed by atoms with Crippen LogP contribution >= 0.6 is 0 Å². The maximum Gasteiger partial charge on any atom is 0.337 e. The molecule has 1 heterocycles. The molecule has 7 nitrogen and oxygen atoms in total. The molecule has 7 heteroatoms. The van der Waals surface area contributed by atoms with Crippen LogP contribution in [0.2, 0.25) is 0 Å². The van der Waals surface area contributed by atoms with Crippen molar-refractivity contribution in [2.24, 2.45) is 0 Å². The maximum absolute atomic E-state index is 12.3. The van der Waals surface area contributed by atoms with Crippen LogP contribution in [0.15, 0.2) is 79.1 Å². The molecule has 2 amide bonds. The fourth-order valence-corrected chi connectivity index (χ4v) is 3.11. The molecule has 0 aliphatic carbocycles. The molecule has 3 aromatic rings. The summed E-state index contributed by atoms with van der Waals surface area (Å²) in [7, 11) is 1.29. The fraction of sp³-hybridized carbons (Fsp3) is 0.154. The topological polar surface area (TPSA) is 97.4 Å². The van der Waals surface area contributed by atoms with Crippen LogP contribution in [0.1, 0.15) is 33.5 Å². The predicted molar refractivity (Wildman–Crippen MR) is 126 cm³/mol. The van der Waals surface area contributed by atoms with Crippen molar-refractivity contribution in [3.8, 4) is 0 Å². The van der Waals surface area contributed by atoms with E-state index < -0.39 is 5.97 Å². The Morgan fingerprint density at radius 2 is 1.82 bits per heavy atom. The number of nitrogens with one attached hydrogen (secondary N) is 2. The summed E-state index contributed by atoms with van der Waals surface area (Å²) in [5.74, 6) is -0.999. The van der Waals surface area contributed by atoms with Gasteiger partial charge in [0, 0.05) is 37.1 Å². The van der Waals surface area contributed by atoms with Gasteiger partial charge in [-0.2, -0.15) is 0 Å². The Kier molecular flexibility index (Phi) is 8.48. The first-order valence-corrected chi connectivity index (χ1v) is 10.5. The SMILES string of the molecule is COC(=O)c1cc(CNC(=O)CCc2cccnc2)cc(NC(=O)C=Cc2ccccc2)c1. The highest BCUT2D eigenvalue weighted by Gasteiger charge is 2.11. The molecule has 0 saturated carbocycles. The van der Waals surface area contributed by atoms with Crippen LogP contribution in [0.5, 0.6) is 0 Å². The number of hydrogen-bond acceptors (Lipinski definition) is 5. The van der Waals surface area contributed by atoms with Crippen LogP contribution in [-0.4, -0.2) is 29.9 Å². The van der Waals surface area contributed by atoms with Crippen LogP contribution in [0, 0.1) is 0 Å². The predicted octanol–water partition coefficient (Wildman–Crippen LogP) is 3.77. The second-order valence-corrected chi connectivity index (χ2v) is 7.28. The lowest BCUT2D eigenvalue weighted by Gasteiger charge is -2.11. The van der Waals surface area contributed by atoms with E-state index in [2.05, 4.69) is 15.6 Å². The Bertz CT molecular complexity index is 1130. The monoisotopic (exact) mass is 443 g/mol. The van der Waals surface area contributed by atoms with E-state index in [9.17, 15) is 14.4 Å². The largest absolute Gasteiger partial charge is 0.465 e. The number of benzene rings is 2. The molecular formula is C26H25N3O4. The van der Waals surface area contributed by atoms with E-state index in [1.165, 1.54) is 19.3 Å². The van der Waals surface area contributed by atoms with E-state index in [1.807, 2.05) is 42.5 Å². The molecule has 0 aliphatic rings. The molecular weight excluding hydrogens is 418 g/mol. The number of pyridine rings is 1. The van der Waals surface area contributed by atoms with Gasteiger partial charge in [-0.25, -0.2) is 4.79 Å². The van der Waals surface area contributed by atoms with Gasteiger partial charge in [-0.05, 0) is 53.5 Å². The number of carbonyl (C=O) groups excluding carboxylic acids is 3. The van der Waals surface area contributed by atoms with Crippen molar-refractivity contribution >= 4 is 29.5 Å². The minimum atomic E-state index is -0.532. The van der Waals surface area contributed by atoms with Crippen molar-refractivity contribution in [1.29, 1.82) is 0 Å². The number of rotatable bonds is 9. The van der Waals surface area contributed by atoms with Gasteiger partial charge < -0.3 is 15.4 Å². The first-order valence-electron chi connectivity index (χ1n) is 10.5. The molecule has 0 bridgehead atoms. The van der Waals surface area contributed by atoms with Gasteiger partial charge in [-0.1, -0.05) is 36.4 Å². The lowest BCUT2D eigenvalue weighted by molar-refractivity contribution is -0.121. The smallest absolute Gasteiger partial charge is 0.337 e. The summed E-state index contributed by atoms with van der Waals surface area (Å²) in [5, 5.41) is 5.60. The van der Waals surface area contributed by atoms with Gasteiger partial charge in [-0.15, -0.1) is 0 Å². The Morgan fingerprint density at radius 1 is 1.00 bits per heavy atom. The standard InChI is InChI=1S/C26H25N3O4/c1-33-26(32)22-14-21(18-28-24(30)11-10-20-8-5-13-27-17-20)15-23(16-22)29-25(31)12-9-19-6-3-2-4-7-19/h2-9,12-17H,10-11,18H2,1H3,(H,28,30)(H,29,31). The summed E-state index contributed by atoms with van der Waals surface area (Å²) in [5.41, 5.74) is 3.25. The first-order chi connectivity index (χ1) is 16.0. The van der Waals surface area contributed by atoms with Crippen LogP contribution in [0.4, 0.5) is 5.69 Å². The summed E-state index contributed by atoms with van der Waals surface area (Å²) in [6, 6.07) is 18.1. The van der Waals surface area contributed by atoms with E-state index >= 15 is 0 Å². The van der Waals surface area contributed by atoms with Crippen LogP contribution < -0.4 is 10.6 Å². The normalized spacial score (nSPS) is 10.6. The molecule has 2 aromatic carbocycles. The first kappa shape index (κ1) is 23.4. The Labute approximate surface area is 192 Å². The van der Waals surface area contributed by atoms with E-state index in [0.29, 0.717) is 24.1 Å². The third-order valence-corrected chi connectivity index (χ3v) is 4.76. The highest BCUT2D eigenvalue weighted by Crippen LogP contribution is 2.17. The highest BCUT2D eigenvalue weighted by atomic mass is 16.5. The van der Waals surface area contributed by atoms with Gasteiger partial charge in [0.1, 0.15) is 0 Å². The molecule has 1 aromatic heterocycles. The van der Waals surface area contributed by atoms with Crippen molar-refractivity contribution < 1.29 is 19.1 Å². The molecule has 33 heavy (non-hydrogen) atoms. The van der Waals surface area contributed by atoms with E-state index in [0.717, 1.165) is 11.1 Å². The molecule has 0 fully saturated rings. The number of ether oxygens (including phenoxy) is 1. The zero-order valence-electron chi connectivity index (χ0n) is 18.3. The minimum absolute atomic E-state index is 0.126. The molecule has 0 saturated heterocycles. The number of esters is 1. The molecule has 0 aliphatic heterocycles. The maximum atomic E-state index is 12.3. The number of hydrogen-bond donors (Lipinski definition) is 2. The summed E-state index contributed by atoms with van der Waals surface area (Å²) >= 11 is 0. The number of nitrogens with zero attached hydrogens (tertiary/aromatic N) is 1. The Balaban J connectivity index is 1.64. The molecule has 3 rings (SSSR count). The summed E-state index contributed by atoms with van der Waals surface area (Å²) in [4.78, 5) is 40.7. The molecule has 2 N–H and O–H groups in total. The fourth-order valence-electron chi connectivity index (χ4n) is 3.11. The second kappa shape index (κ2) is 12.0. The lowest BCUT2D eigenvalue weighted by Crippen LogP contribution is -2.23. The molecule has 0 atom stereocenters. The van der Waals surface area contributed by atoms with Crippen molar-refractivity contribution in [1.82, 2.24) is 10.3 Å². The number of aromatic nitrogens is 1. The molecule has 0 spiro atoms. The van der Waals surface area contributed by atoms with Crippen LogP contribution in [0.25, 0.3) is 6.08 Å². The zero-order valence-corrected chi connectivity index (χ0v) is 18.3. The lowest BCUT2D eigenvalue weighted by atomic mass is 10.1. The number of methoxy groups -OCH3 is 1. The summed E-state index contributed by atoms with van der Waals surface area (Å²) in [6.45, 7) is 0.208. The van der Waals surface area contributed by atoms with Crippen molar-refractivity contribution in [2.75, 3.05) is 12.4 Å². The summed E-state index contributed by atoms with van der Waals surface area (Å²) < 4.78 is 4.81. The number of amides is 2. The van der Waals surface area contributed by atoms with Gasteiger partial charge in [-0.3, -0.25) is 14.6 Å². The number of aryl methyl sites for hydroxylation is 1. The molecule has 0 radical (unpaired) electrons. The quantitative estimate of drug-likeness (QED) is 0.388. The Morgan fingerprint density at radius 3 is 2.55 bits per heavy atom. The van der Waals surface area contributed by atoms with E-state index in [1.54, 1.807) is 30.6 Å². The van der Waals surface area contributed by atoms with Crippen molar-refractivity contribution in [3.05, 3.63) is 101 Å². The van der Waals surface area contributed by atoms with Gasteiger partial charge in [0.25, 0.3) is 0 Å². The van der Waals surface area contributed by atoms with Gasteiger partial charge in [0.05, 0.1) is 12.7 Å². The van der Waals surface area contributed by atoms with Crippen LogP contribution in [-0.2, 0) is 27.3 Å². The average Bonchev–Trinajstić information content (AvgIpc) is 2.85. The minimum Gasteiger partial charge on any atom is -0.465 e. The number of anilines is 1. The third-order valence-electron chi connectivity index (χ3n) is 4.76. The third kappa shape index (κ3) is 7.74. The van der Waals surface area contributed by atoms with E-state index in [4.69, 9.17) is 4.74 Å². The number of carbonyl (C=O) groups is 3. The van der Waals surface area contributed by atoms with Gasteiger partial charge in [0.15, 0.2) is 0 Å². The Hall–Kier alpha value is -4.26. The second-order valence-electron chi connectivity index (χ2n) is 7.28. The highest BCUT2D eigenvalue weighted by molar-refractivity contribution is 6.02. The summed E-state index contributed by atoms with van der Waals surface area (Å²) in [6.07, 6.45) is 7.43. The van der Waals surface area contributed by atoms with Crippen molar-refractivity contribution in [3.63, 3.8) is 0 Å². The van der Waals surface area contributed by atoms with Gasteiger partial charge >= 0.3 is 5.97 Å². The average molecular weight is 444 g/mol. The van der Waals surface area contributed by atoms with Crippen molar-refractivity contribution in [2.45, 2.75) is 19.4 Å². The van der Waals surface area contributed by atoms with E-state index in [-0.39, 0.29) is 23.9 Å². The van der Waals surface area contributed by atoms with Gasteiger partial charge in [0.2, 0.25) is 11.8 Å². The van der Waals surface area contributed by atoms with Crippen LogP contribution in [0.3, 0.4) is 0 Å².